The number of nitrogens with one attached hydrogen (secondary N) is 4. The van der Waals surface area contributed by atoms with Crippen LogP contribution in [0.25, 0.3) is 0 Å². The molecule has 4 amide bonds. The Bertz CT molecular complexity index is 1750. The lowest BCUT2D eigenvalue weighted by atomic mass is 9.97. The van der Waals surface area contributed by atoms with Crippen molar-refractivity contribution in [3.05, 3.63) is 69.3 Å². The summed E-state index contributed by atoms with van der Waals surface area (Å²) in [5.74, 6) is -7.78. The monoisotopic (exact) mass is 876 g/mol. The lowest BCUT2D eigenvalue weighted by Gasteiger charge is -2.15. The fourth-order valence-corrected chi connectivity index (χ4v) is 6.82. The quantitative estimate of drug-likeness (QED) is 0.0655. The number of hydrogen-bond acceptors (Lipinski definition) is 15. The van der Waals surface area contributed by atoms with Crippen molar-refractivity contribution < 1.29 is 87.2 Å². The first-order chi connectivity index (χ1) is 25.9. The summed E-state index contributed by atoms with van der Waals surface area (Å²) in [5, 5.41) is 37.4. The van der Waals surface area contributed by atoms with Gasteiger partial charge < -0.3 is 75.0 Å². The molecule has 0 aliphatic carbocycles. The summed E-state index contributed by atoms with van der Waals surface area (Å²) in [4.78, 5) is 159. The van der Waals surface area contributed by atoms with Gasteiger partial charge in [-0.05, 0) is 56.5 Å². The van der Waals surface area contributed by atoms with Crippen molar-refractivity contribution >= 4 is 75.8 Å². The molecule has 0 heterocycles. The summed E-state index contributed by atoms with van der Waals surface area (Å²) in [6.45, 7) is 4.64. The number of benzene rings is 2. The Morgan fingerprint density at radius 1 is 0.404 bits per heavy atom. The summed E-state index contributed by atoms with van der Waals surface area (Å²) >= 11 is 0. The van der Waals surface area contributed by atoms with Crippen LogP contribution in [0.4, 0.5) is 0 Å². The van der Waals surface area contributed by atoms with Gasteiger partial charge in [-0.3, -0.25) is 19.2 Å². The van der Waals surface area contributed by atoms with Gasteiger partial charge in [0.05, 0.1) is 33.4 Å². The molecule has 0 fully saturated rings. The molecule has 0 saturated carbocycles. The van der Waals surface area contributed by atoms with Crippen LogP contribution in [-0.2, 0) is 0 Å². The molecule has 2 aromatic carbocycles. The molecule has 26 heteroatoms. The molecule has 15 N–H and O–H groups in total. The van der Waals surface area contributed by atoms with Crippen molar-refractivity contribution in [2.45, 2.75) is 50.4 Å². The zero-order valence-electron chi connectivity index (χ0n) is 31.3. The van der Waals surface area contributed by atoms with Gasteiger partial charge in [-0.2, -0.15) is 0 Å². The van der Waals surface area contributed by atoms with E-state index in [4.69, 9.17) is 0 Å². The van der Waals surface area contributed by atoms with Gasteiger partial charge in [0.2, 0.25) is 0 Å². The van der Waals surface area contributed by atoms with E-state index in [1.165, 1.54) is 32.3 Å². The molecule has 316 valence electrons. The van der Waals surface area contributed by atoms with E-state index in [2.05, 4.69) is 21.3 Å². The van der Waals surface area contributed by atoms with Crippen LogP contribution >= 0.6 is 0 Å². The number of carbonyl (C=O) groups is 7. The molecule has 57 heavy (non-hydrogen) atoms. The number of amides is 4. The van der Waals surface area contributed by atoms with E-state index in [9.17, 15) is 87.2 Å². The van der Waals surface area contributed by atoms with Crippen molar-refractivity contribution in [2.75, 3.05) is 26.2 Å². The van der Waals surface area contributed by atoms with Gasteiger partial charge in [0, 0.05) is 55.9 Å². The second-order valence-corrected chi connectivity index (χ2v) is 25.2. The summed E-state index contributed by atoms with van der Waals surface area (Å²) in [6, 6.07) is 4.71. The number of carboxylic acids is 3. The highest BCUT2D eigenvalue weighted by Gasteiger charge is 2.28. The van der Waals surface area contributed by atoms with Crippen LogP contribution in [0.15, 0.2) is 30.3 Å². The minimum absolute atomic E-state index is 0.0181. The molecule has 0 saturated heterocycles. The van der Waals surface area contributed by atoms with Crippen molar-refractivity contribution in [3.63, 3.8) is 0 Å². The van der Waals surface area contributed by atoms with E-state index < -0.39 is 98.0 Å². The van der Waals surface area contributed by atoms with Gasteiger partial charge in [0.25, 0.3) is 23.6 Å². The summed E-state index contributed by atoms with van der Waals surface area (Å²) < 4.78 is 0. The third-order valence-electron chi connectivity index (χ3n) is 7.40. The first-order valence-electron chi connectivity index (χ1n) is 16.9. The molecular formula is C31H48N4O18Si4. The van der Waals surface area contributed by atoms with Gasteiger partial charge in [-0.25, -0.2) is 14.4 Å². The Morgan fingerprint density at radius 3 is 0.947 bits per heavy atom. The van der Waals surface area contributed by atoms with E-state index >= 15 is 0 Å². The Labute approximate surface area is 329 Å². The molecule has 0 radical (unpaired) electrons. The predicted molar refractivity (Wildman–Crippen MR) is 207 cm³/mol. The zero-order chi connectivity index (χ0) is 44.1. The number of rotatable bonds is 19. The number of carbonyl (C=O) groups excluding carboxylic acids is 4. The lowest BCUT2D eigenvalue weighted by Crippen LogP contribution is -2.37. The Balaban J connectivity index is 0.000000573. The highest BCUT2D eigenvalue weighted by molar-refractivity contribution is 6.64. The molecular weight excluding hydrogens is 829 g/mol. The molecule has 2 rings (SSSR count). The SMILES string of the molecule is C[Si](O)(O)CCNC(=O)c1cc(C(=O)NCC[Si](C)(O)O)c(C(=O)O)cc1C(=O)O.C[Si](O)(O)CCNC(=O)c1ccc(C(=O)O)c(C(=O)NCC[Si](C)(O)O)c1. The summed E-state index contributed by atoms with van der Waals surface area (Å²) in [6.07, 6.45) is 0. The van der Waals surface area contributed by atoms with Crippen LogP contribution in [0.1, 0.15) is 72.5 Å². The van der Waals surface area contributed by atoms with Gasteiger partial charge in [-0.15, -0.1) is 0 Å². The van der Waals surface area contributed by atoms with Crippen LogP contribution < -0.4 is 21.3 Å². The Hall–Kier alpha value is -4.72. The second-order valence-electron chi connectivity index (χ2n) is 13.5. The Morgan fingerprint density at radius 2 is 0.667 bits per heavy atom. The van der Waals surface area contributed by atoms with Gasteiger partial charge in [-0.1, -0.05) is 0 Å². The maximum absolute atomic E-state index is 12.4. The minimum Gasteiger partial charge on any atom is -0.478 e. The second kappa shape index (κ2) is 21.2. The molecule has 0 aromatic heterocycles. The largest absolute Gasteiger partial charge is 0.478 e. The molecule has 0 unspecified atom stereocenters. The highest BCUT2D eigenvalue weighted by atomic mass is 28.4. The zero-order valence-corrected chi connectivity index (χ0v) is 35.3. The molecule has 0 aliphatic rings. The van der Waals surface area contributed by atoms with E-state index in [-0.39, 0.29) is 67.0 Å². The van der Waals surface area contributed by atoms with Crippen LogP contribution in [0.5, 0.6) is 0 Å². The van der Waals surface area contributed by atoms with E-state index in [0.717, 1.165) is 18.2 Å². The molecule has 2 aromatic rings. The molecule has 0 bridgehead atoms. The highest BCUT2D eigenvalue weighted by Crippen LogP contribution is 2.19. The first kappa shape index (κ1) is 50.3. The normalized spacial score (nSPS) is 11.7. The van der Waals surface area contributed by atoms with Crippen LogP contribution in [0, 0.1) is 0 Å². The van der Waals surface area contributed by atoms with Crippen molar-refractivity contribution in [3.8, 4) is 0 Å². The number of aromatic carboxylic acids is 3. The minimum atomic E-state index is -3.45. The van der Waals surface area contributed by atoms with Crippen LogP contribution in [-0.4, -0.2) is 156 Å². The first-order valence-corrected chi connectivity index (χ1v) is 27.3. The lowest BCUT2D eigenvalue weighted by molar-refractivity contribution is 0.0677. The maximum atomic E-state index is 12.4. The van der Waals surface area contributed by atoms with Crippen molar-refractivity contribution in [1.82, 2.24) is 21.3 Å². The molecule has 22 nitrogen and oxygen atoms in total. The number of hydrogen-bond donors (Lipinski definition) is 15. The fourth-order valence-electron chi connectivity index (χ4n) is 4.43. The van der Waals surface area contributed by atoms with Gasteiger partial charge in [0.1, 0.15) is 0 Å². The standard InChI is InChI=1S/C16H24N2O10Si2.C15H24N2O8Si2/c1-29(25,26)5-3-17-13(19)9-7-10(14(20)18-4-6-30(2,27)28)12(16(23)24)8-11(9)15(21)22;1-26(22,23)7-5-16-13(18)10-3-4-11(15(20)21)12(9-10)14(19)17-6-8-27(2,24)25/h7-8,25-28H,3-6H2,1-2H3,(H,17,19)(H,18,20)(H,21,22)(H,23,24);3-4,9,22-25H,5-8H2,1-2H3,(H,16,18)(H,17,19)(H,20,21). The fraction of sp³-hybridized carbons (Fsp3) is 0.387. The smallest absolute Gasteiger partial charge is 0.336 e. The third-order valence-corrected chi connectivity index (χ3v) is 12.2. The molecule has 0 atom stereocenters. The van der Waals surface area contributed by atoms with E-state index in [1.54, 1.807) is 0 Å². The maximum Gasteiger partial charge on any atom is 0.336 e. The van der Waals surface area contributed by atoms with Gasteiger partial charge >= 0.3 is 52.2 Å². The molecule has 0 spiro atoms. The molecule has 0 aliphatic heterocycles. The topological polar surface area (TPSA) is 390 Å². The summed E-state index contributed by atoms with van der Waals surface area (Å²) in [5.41, 5.74) is -2.78. The third kappa shape index (κ3) is 19.3. The van der Waals surface area contributed by atoms with E-state index in [0.29, 0.717) is 6.07 Å². The Kier molecular flexibility index (Phi) is 18.7. The van der Waals surface area contributed by atoms with E-state index in [1.807, 2.05) is 0 Å². The van der Waals surface area contributed by atoms with Crippen molar-refractivity contribution in [2.24, 2.45) is 0 Å². The van der Waals surface area contributed by atoms with Gasteiger partial charge in [0.15, 0.2) is 0 Å². The average Bonchev–Trinajstić information content (AvgIpc) is 3.05. The van der Waals surface area contributed by atoms with Crippen LogP contribution in [0.3, 0.4) is 0 Å². The predicted octanol–water partition coefficient (Wildman–Crippen LogP) is -2.39. The number of carboxylic acid groups (broad SMARTS) is 3. The van der Waals surface area contributed by atoms with Crippen LogP contribution in [0.2, 0.25) is 50.4 Å². The summed E-state index contributed by atoms with van der Waals surface area (Å²) in [7, 11) is -13.6. The van der Waals surface area contributed by atoms with Crippen molar-refractivity contribution in [1.29, 1.82) is 0 Å². The average molecular weight is 877 g/mol.